The third-order valence-electron chi connectivity index (χ3n) is 1.87. The highest BCUT2D eigenvalue weighted by molar-refractivity contribution is 7.54. The van der Waals surface area contributed by atoms with Gasteiger partial charge >= 0.3 is 0 Å². The molecule has 0 spiro atoms. The monoisotopic (exact) mass is 222 g/mol. The minimum atomic E-state index is -0.161. The molecule has 1 aromatic carbocycles. The molecule has 0 bridgehead atoms. The van der Waals surface area contributed by atoms with Crippen LogP contribution in [0.4, 0.5) is 0 Å². The van der Waals surface area contributed by atoms with Gasteiger partial charge in [0.25, 0.3) is 0 Å². The summed E-state index contributed by atoms with van der Waals surface area (Å²) in [5.41, 5.74) is 1.18. The van der Waals surface area contributed by atoms with Gasteiger partial charge < -0.3 is 5.09 Å². The highest BCUT2D eigenvalue weighted by Gasteiger charge is 2.02. The Balaban J connectivity index is 2.81. The predicted molar refractivity (Wildman–Crippen MR) is 70.0 cm³/mol. The fraction of sp³-hybridized carbons (Fsp3) is 0.417. The van der Waals surface area contributed by atoms with Crippen LogP contribution in [0.1, 0.15) is 18.9 Å². The van der Waals surface area contributed by atoms with Gasteiger partial charge in [0, 0.05) is 12.1 Å². The zero-order valence-corrected chi connectivity index (χ0v) is 10.6. The standard InChI is InChI=1S/C12H19N2P/c1-4-10-13-12(14-15(2)3)11-8-6-5-7-9-11/h5-9H,4,10H2,1-3H3,(H,13,14). The Morgan fingerprint density at radius 2 is 1.93 bits per heavy atom. The Morgan fingerprint density at radius 3 is 2.47 bits per heavy atom. The quantitative estimate of drug-likeness (QED) is 0.472. The number of amidine groups is 1. The van der Waals surface area contributed by atoms with E-state index in [2.05, 4.69) is 42.5 Å². The Bertz CT molecular complexity index is 307. The van der Waals surface area contributed by atoms with E-state index in [-0.39, 0.29) is 8.07 Å². The van der Waals surface area contributed by atoms with Crippen molar-refractivity contribution in [3.63, 3.8) is 0 Å². The van der Waals surface area contributed by atoms with Gasteiger partial charge in [0.15, 0.2) is 0 Å². The molecule has 0 heterocycles. The zero-order chi connectivity index (χ0) is 11.1. The first-order valence-electron chi connectivity index (χ1n) is 5.28. The molecule has 0 unspecified atom stereocenters. The third kappa shape index (κ3) is 4.44. The number of rotatable bonds is 4. The van der Waals surface area contributed by atoms with E-state index >= 15 is 0 Å². The molecule has 82 valence electrons. The average Bonchev–Trinajstić information content (AvgIpc) is 2.25. The van der Waals surface area contributed by atoms with Crippen LogP contribution in [0.25, 0.3) is 0 Å². The lowest BCUT2D eigenvalue weighted by Gasteiger charge is -2.13. The molecule has 0 saturated heterocycles. The van der Waals surface area contributed by atoms with Gasteiger partial charge in [-0.1, -0.05) is 37.3 Å². The molecule has 0 saturated carbocycles. The summed E-state index contributed by atoms with van der Waals surface area (Å²) in [4.78, 5) is 4.57. The normalized spacial score (nSPS) is 11.9. The van der Waals surface area contributed by atoms with Crippen LogP contribution in [0, 0.1) is 0 Å². The van der Waals surface area contributed by atoms with Gasteiger partial charge in [-0.2, -0.15) is 0 Å². The molecular weight excluding hydrogens is 203 g/mol. The van der Waals surface area contributed by atoms with Crippen LogP contribution in [0.3, 0.4) is 0 Å². The molecule has 1 N–H and O–H groups in total. The molecule has 0 aromatic heterocycles. The summed E-state index contributed by atoms with van der Waals surface area (Å²) in [6, 6.07) is 10.3. The topological polar surface area (TPSA) is 24.4 Å². The Morgan fingerprint density at radius 1 is 1.27 bits per heavy atom. The van der Waals surface area contributed by atoms with Crippen molar-refractivity contribution in [3.05, 3.63) is 35.9 Å². The molecule has 3 heteroatoms. The summed E-state index contributed by atoms with van der Waals surface area (Å²) in [5, 5.41) is 3.45. The average molecular weight is 222 g/mol. The highest BCUT2D eigenvalue weighted by atomic mass is 31.1. The predicted octanol–water partition coefficient (Wildman–Crippen LogP) is 3.09. The first kappa shape index (κ1) is 12.2. The second-order valence-corrected chi connectivity index (χ2v) is 5.62. The summed E-state index contributed by atoms with van der Waals surface area (Å²) in [6.07, 6.45) is 1.09. The van der Waals surface area contributed by atoms with Gasteiger partial charge in [-0.15, -0.1) is 0 Å². The minimum Gasteiger partial charge on any atom is -0.349 e. The van der Waals surface area contributed by atoms with E-state index in [0.717, 1.165) is 18.8 Å². The van der Waals surface area contributed by atoms with Crippen molar-refractivity contribution in [2.75, 3.05) is 19.9 Å². The van der Waals surface area contributed by atoms with Crippen LogP contribution in [0.2, 0.25) is 0 Å². The SMILES string of the molecule is CCC/N=C(/NP(C)C)c1ccccc1. The van der Waals surface area contributed by atoms with E-state index in [0.29, 0.717) is 0 Å². The second kappa shape index (κ2) is 6.58. The smallest absolute Gasteiger partial charge is 0.131 e. The fourth-order valence-corrected chi connectivity index (χ4v) is 1.85. The van der Waals surface area contributed by atoms with E-state index in [1.807, 2.05) is 18.2 Å². The summed E-state index contributed by atoms with van der Waals surface area (Å²) in [6.45, 7) is 7.42. The summed E-state index contributed by atoms with van der Waals surface area (Å²) >= 11 is 0. The largest absolute Gasteiger partial charge is 0.349 e. The Hall–Kier alpha value is -0.880. The van der Waals surface area contributed by atoms with Gasteiger partial charge in [0.05, 0.1) is 0 Å². The maximum atomic E-state index is 4.57. The second-order valence-electron chi connectivity index (χ2n) is 3.60. The molecule has 1 rings (SSSR count). The number of hydrogen-bond acceptors (Lipinski definition) is 1. The van der Waals surface area contributed by atoms with E-state index in [1.54, 1.807) is 0 Å². The van der Waals surface area contributed by atoms with Crippen molar-refractivity contribution in [1.82, 2.24) is 5.09 Å². The van der Waals surface area contributed by atoms with Crippen LogP contribution >= 0.6 is 8.07 Å². The molecule has 2 nitrogen and oxygen atoms in total. The van der Waals surface area contributed by atoms with Gasteiger partial charge in [-0.3, -0.25) is 4.99 Å². The molecule has 0 radical (unpaired) electrons. The van der Waals surface area contributed by atoms with Crippen molar-refractivity contribution in [2.45, 2.75) is 13.3 Å². The molecular formula is C12H19N2P. The lowest BCUT2D eigenvalue weighted by Crippen LogP contribution is -2.19. The number of nitrogens with zero attached hydrogens (tertiary/aromatic N) is 1. The molecule has 0 aliphatic carbocycles. The lowest BCUT2D eigenvalue weighted by molar-refractivity contribution is 0.928. The van der Waals surface area contributed by atoms with Gasteiger partial charge in [-0.05, 0) is 27.8 Å². The van der Waals surface area contributed by atoms with Crippen molar-refractivity contribution in [2.24, 2.45) is 4.99 Å². The molecule has 0 fully saturated rings. The van der Waals surface area contributed by atoms with Crippen LogP contribution in [-0.4, -0.2) is 25.7 Å². The highest BCUT2D eigenvalue weighted by Crippen LogP contribution is 2.18. The van der Waals surface area contributed by atoms with E-state index in [9.17, 15) is 0 Å². The Kier molecular flexibility index (Phi) is 5.34. The molecule has 0 aliphatic heterocycles. The van der Waals surface area contributed by atoms with Crippen LogP contribution in [0.15, 0.2) is 35.3 Å². The molecule has 0 amide bonds. The maximum Gasteiger partial charge on any atom is 0.131 e. The van der Waals surface area contributed by atoms with Crippen molar-refractivity contribution < 1.29 is 0 Å². The number of benzene rings is 1. The van der Waals surface area contributed by atoms with E-state index in [1.165, 1.54) is 5.56 Å². The van der Waals surface area contributed by atoms with Gasteiger partial charge in [-0.25, -0.2) is 0 Å². The molecule has 0 aliphatic rings. The van der Waals surface area contributed by atoms with Crippen LogP contribution in [0.5, 0.6) is 0 Å². The fourth-order valence-electron chi connectivity index (χ4n) is 1.22. The van der Waals surface area contributed by atoms with Crippen molar-refractivity contribution in [3.8, 4) is 0 Å². The summed E-state index contributed by atoms with van der Waals surface area (Å²) < 4.78 is 0. The zero-order valence-electron chi connectivity index (χ0n) is 9.70. The van der Waals surface area contributed by atoms with E-state index < -0.39 is 0 Å². The molecule has 15 heavy (non-hydrogen) atoms. The number of hydrogen-bond donors (Lipinski definition) is 1. The summed E-state index contributed by atoms with van der Waals surface area (Å²) in [5.74, 6) is 1.04. The number of aliphatic imine (C=N–C) groups is 1. The summed E-state index contributed by atoms with van der Waals surface area (Å²) in [7, 11) is -0.161. The van der Waals surface area contributed by atoms with Crippen LogP contribution in [-0.2, 0) is 0 Å². The number of nitrogens with one attached hydrogen (secondary N) is 1. The Labute approximate surface area is 93.6 Å². The lowest BCUT2D eigenvalue weighted by atomic mass is 10.2. The van der Waals surface area contributed by atoms with Crippen LogP contribution < -0.4 is 5.09 Å². The van der Waals surface area contributed by atoms with Gasteiger partial charge in [0.1, 0.15) is 5.84 Å². The van der Waals surface area contributed by atoms with Crippen molar-refractivity contribution >= 4 is 13.9 Å². The first-order chi connectivity index (χ1) is 7.24. The van der Waals surface area contributed by atoms with E-state index in [4.69, 9.17) is 0 Å². The first-order valence-corrected chi connectivity index (χ1v) is 7.51. The molecule has 0 atom stereocenters. The minimum absolute atomic E-state index is 0.161. The van der Waals surface area contributed by atoms with Gasteiger partial charge in [0.2, 0.25) is 0 Å². The maximum absolute atomic E-state index is 4.57. The molecule has 1 aromatic rings. The van der Waals surface area contributed by atoms with Crippen molar-refractivity contribution in [1.29, 1.82) is 0 Å². The third-order valence-corrected chi connectivity index (χ3v) is 2.53.